The number of hydrogen-bond acceptors (Lipinski definition) is 5. The number of ether oxygens (including phenoxy) is 1. The maximum absolute atomic E-state index is 5.69. The van der Waals surface area contributed by atoms with Gasteiger partial charge in [0.25, 0.3) is 0 Å². The van der Waals surface area contributed by atoms with Crippen molar-refractivity contribution in [3.8, 4) is 5.75 Å². The summed E-state index contributed by atoms with van der Waals surface area (Å²) in [6, 6.07) is 11.0. The average Bonchev–Trinajstić information content (AvgIpc) is 2.79. The first kappa shape index (κ1) is 11.5. The third-order valence-corrected chi connectivity index (χ3v) is 2.69. The lowest BCUT2D eigenvalue weighted by Gasteiger charge is -2.05. The minimum atomic E-state index is 0.293. The Morgan fingerprint density at radius 1 is 1.21 bits per heavy atom. The molecule has 0 radical (unpaired) electrons. The number of nitrogen functional groups attached to an aromatic ring is 1. The Hall–Kier alpha value is -2.63. The molecule has 0 fully saturated rings. The van der Waals surface area contributed by atoms with E-state index in [9.17, 15) is 0 Å². The van der Waals surface area contributed by atoms with Crippen molar-refractivity contribution in [2.45, 2.75) is 13.5 Å². The van der Waals surface area contributed by atoms with Crippen LogP contribution in [0.5, 0.6) is 5.75 Å². The van der Waals surface area contributed by atoms with E-state index in [0.29, 0.717) is 29.5 Å². The van der Waals surface area contributed by atoms with E-state index in [1.165, 1.54) is 0 Å². The molecule has 0 saturated heterocycles. The van der Waals surface area contributed by atoms with E-state index in [0.717, 1.165) is 5.69 Å². The predicted octanol–water partition coefficient (Wildman–Crippen LogP) is 1.59. The van der Waals surface area contributed by atoms with E-state index < -0.39 is 0 Å². The standard InChI is InChI=1S/C13H13N5O/c1-9-5-6-12-15-16-13(18(12)17-9)8-19-11-4-2-3-10(14)7-11/h2-7H,8,14H2,1H3. The molecule has 96 valence electrons. The number of nitrogens with zero attached hydrogens (tertiary/aromatic N) is 4. The molecule has 0 aliphatic rings. The molecular weight excluding hydrogens is 242 g/mol. The molecule has 0 atom stereocenters. The number of fused-ring (bicyclic) bond motifs is 1. The average molecular weight is 255 g/mol. The zero-order valence-electron chi connectivity index (χ0n) is 10.4. The van der Waals surface area contributed by atoms with Crippen molar-refractivity contribution in [3.05, 3.63) is 47.9 Å². The molecule has 2 heterocycles. The van der Waals surface area contributed by atoms with Crippen LogP contribution >= 0.6 is 0 Å². The molecule has 0 amide bonds. The third-order valence-electron chi connectivity index (χ3n) is 2.69. The second-order valence-electron chi connectivity index (χ2n) is 4.22. The molecule has 0 bridgehead atoms. The number of anilines is 1. The van der Waals surface area contributed by atoms with Crippen LogP contribution in [0.3, 0.4) is 0 Å². The van der Waals surface area contributed by atoms with Crippen LogP contribution in [0.1, 0.15) is 11.5 Å². The molecule has 6 nitrogen and oxygen atoms in total. The first-order valence-electron chi connectivity index (χ1n) is 5.89. The number of aromatic nitrogens is 4. The smallest absolute Gasteiger partial charge is 0.192 e. The lowest BCUT2D eigenvalue weighted by molar-refractivity contribution is 0.292. The second-order valence-corrected chi connectivity index (χ2v) is 4.22. The van der Waals surface area contributed by atoms with Crippen molar-refractivity contribution in [1.82, 2.24) is 19.8 Å². The summed E-state index contributed by atoms with van der Waals surface area (Å²) in [6.45, 7) is 2.21. The van der Waals surface area contributed by atoms with E-state index in [4.69, 9.17) is 10.5 Å². The van der Waals surface area contributed by atoms with Crippen LogP contribution < -0.4 is 10.5 Å². The Morgan fingerprint density at radius 2 is 2.11 bits per heavy atom. The highest BCUT2D eigenvalue weighted by Gasteiger charge is 2.07. The number of nitrogens with two attached hydrogens (primary N) is 1. The topological polar surface area (TPSA) is 78.3 Å². The molecule has 19 heavy (non-hydrogen) atoms. The largest absolute Gasteiger partial charge is 0.485 e. The fraction of sp³-hybridized carbons (Fsp3) is 0.154. The molecule has 2 aromatic heterocycles. The summed E-state index contributed by atoms with van der Waals surface area (Å²) in [5.74, 6) is 1.35. The maximum atomic E-state index is 5.69. The summed E-state index contributed by atoms with van der Waals surface area (Å²) in [5, 5.41) is 12.5. The zero-order chi connectivity index (χ0) is 13.2. The SMILES string of the molecule is Cc1ccc2nnc(COc3cccc(N)c3)n2n1. The van der Waals surface area contributed by atoms with Gasteiger partial charge in [-0.05, 0) is 31.2 Å². The van der Waals surface area contributed by atoms with Crippen LogP contribution in [0.15, 0.2) is 36.4 Å². The molecule has 3 rings (SSSR count). The molecule has 0 saturated carbocycles. The summed E-state index contributed by atoms with van der Waals surface area (Å²) in [5.41, 5.74) is 7.96. The van der Waals surface area contributed by atoms with Crippen molar-refractivity contribution in [1.29, 1.82) is 0 Å². The molecule has 1 aromatic carbocycles. The minimum absolute atomic E-state index is 0.293. The monoisotopic (exact) mass is 255 g/mol. The highest BCUT2D eigenvalue weighted by molar-refractivity contribution is 5.43. The maximum Gasteiger partial charge on any atom is 0.192 e. The van der Waals surface area contributed by atoms with Crippen molar-refractivity contribution >= 4 is 11.3 Å². The van der Waals surface area contributed by atoms with E-state index in [-0.39, 0.29) is 0 Å². The van der Waals surface area contributed by atoms with Gasteiger partial charge in [-0.15, -0.1) is 10.2 Å². The molecule has 2 N–H and O–H groups in total. The zero-order valence-corrected chi connectivity index (χ0v) is 10.4. The number of hydrogen-bond donors (Lipinski definition) is 1. The summed E-state index contributed by atoms with van der Waals surface area (Å²) in [4.78, 5) is 0. The van der Waals surface area contributed by atoms with Gasteiger partial charge in [0.15, 0.2) is 11.5 Å². The highest BCUT2D eigenvalue weighted by Crippen LogP contribution is 2.15. The van der Waals surface area contributed by atoms with Crippen LogP contribution in [0.25, 0.3) is 5.65 Å². The quantitative estimate of drug-likeness (QED) is 0.719. The predicted molar refractivity (Wildman–Crippen MR) is 70.7 cm³/mol. The van der Waals surface area contributed by atoms with Crippen LogP contribution in [-0.4, -0.2) is 19.8 Å². The summed E-state index contributed by atoms with van der Waals surface area (Å²) in [6.07, 6.45) is 0. The fourth-order valence-corrected chi connectivity index (χ4v) is 1.77. The van der Waals surface area contributed by atoms with Gasteiger partial charge in [0, 0.05) is 11.8 Å². The number of benzene rings is 1. The lowest BCUT2D eigenvalue weighted by atomic mass is 10.3. The van der Waals surface area contributed by atoms with Gasteiger partial charge in [-0.3, -0.25) is 0 Å². The molecule has 0 unspecified atom stereocenters. The van der Waals surface area contributed by atoms with E-state index >= 15 is 0 Å². The summed E-state index contributed by atoms with van der Waals surface area (Å²) >= 11 is 0. The van der Waals surface area contributed by atoms with Crippen molar-refractivity contribution in [2.75, 3.05) is 5.73 Å². The van der Waals surface area contributed by atoms with Gasteiger partial charge >= 0.3 is 0 Å². The molecular formula is C13H13N5O. The molecule has 6 heteroatoms. The Balaban J connectivity index is 1.84. The van der Waals surface area contributed by atoms with Gasteiger partial charge in [0.05, 0.1) is 5.69 Å². The van der Waals surface area contributed by atoms with E-state index in [1.807, 2.05) is 37.3 Å². The van der Waals surface area contributed by atoms with Gasteiger partial charge in [-0.2, -0.15) is 9.61 Å². The fourth-order valence-electron chi connectivity index (χ4n) is 1.77. The first-order chi connectivity index (χ1) is 9.22. The molecule has 0 aliphatic heterocycles. The first-order valence-corrected chi connectivity index (χ1v) is 5.89. The Bertz CT molecular complexity index is 722. The Labute approximate surface area is 109 Å². The Morgan fingerprint density at radius 3 is 2.95 bits per heavy atom. The molecule has 0 spiro atoms. The normalized spacial score (nSPS) is 10.8. The van der Waals surface area contributed by atoms with Crippen LogP contribution in [-0.2, 0) is 6.61 Å². The molecule has 0 aliphatic carbocycles. The van der Waals surface area contributed by atoms with E-state index in [1.54, 1.807) is 10.6 Å². The van der Waals surface area contributed by atoms with E-state index in [2.05, 4.69) is 15.3 Å². The van der Waals surface area contributed by atoms with Crippen molar-refractivity contribution < 1.29 is 4.74 Å². The Kier molecular flexibility index (Phi) is 2.75. The van der Waals surface area contributed by atoms with Crippen LogP contribution in [0.4, 0.5) is 5.69 Å². The molecule has 3 aromatic rings. The number of aryl methyl sites for hydroxylation is 1. The van der Waals surface area contributed by atoms with Gasteiger partial charge in [0.1, 0.15) is 12.4 Å². The van der Waals surface area contributed by atoms with Crippen LogP contribution in [0, 0.1) is 6.92 Å². The number of rotatable bonds is 3. The third kappa shape index (κ3) is 2.33. The van der Waals surface area contributed by atoms with Gasteiger partial charge in [-0.25, -0.2) is 0 Å². The highest BCUT2D eigenvalue weighted by atomic mass is 16.5. The van der Waals surface area contributed by atoms with Gasteiger partial charge < -0.3 is 10.5 Å². The van der Waals surface area contributed by atoms with Gasteiger partial charge in [-0.1, -0.05) is 6.07 Å². The van der Waals surface area contributed by atoms with Crippen LogP contribution in [0.2, 0.25) is 0 Å². The van der Waals surface area contributed by atoms with Crippen molar-refractivity contribution in [2.24, 2.45) is 0 Å². The second kappa shape index (κ2) is 4.56. The van der Waals surface area contributed by atoms with Gasteiger partial charge in [0.2, 0.25) is 0 Å². The minimum Gasteiger partial charge on any atom is -0.485 e. The lowest BCUT2D eigenvalue weighted by Crippen LogP contribution is -2.04. The summed E-state index contributed by atoms with van der Waals surface area (Å²) in [7, 11) is 0. The summed E-state index contributed by atoms with van der Waals surface area (Å²) < 4.78 is 7.32. The van der Waals surface area contributed by atoms with Crippen molar-refractivity contribution in [3.63, 3.8) is 0 Å².